The average molecular weight is 249 g/mol. The molecule has 0 aliphatic heterocycles. The molecule has 0 radical (unpaired) electrons. The second-order valence-electron chi connectivity index (χ2n) is 4.98. The van der Waals surface area contributed by atoms with Gasteiger partial charge in [-0.2, -0.15) is 5.26 Å². The van der Waals surface area contributed by atoms with Gasteiger partial charge in [-0.05, 0) is 31.8 Å². The Morgan fingerprint density at radius 3 is 2.56 bits per heavy atom. The van der Waals surface area contributed by atoms with Crippen LogP contribution in [0.2, 0.25) is 0 Å². The number of carbonyl (C=O) groups is 1. The van der Waals surface area contributed by atoms with Crippen molar-refractivity contribution in [3.8, 4) is 6.07 Å². The van der Waals surface area contributed by atoms with Crippen molar-refractivity contribution in [1.82, 2.24) is 0 Å². The van der Waals surface area contributed by atoms with Crippen molar-refractivity contribution in [3.05, 3.63) is 23.8 Å². The van der Waals surface area contributed by atoms with Crippen molar-refractivity contribution in [2.75, 3.05) is 0 Å². The number of aliphatic hydroxyl groups is 1. The van der Waals surface area contributed by atoms with Crippen LogP contribution >= 0.6 is 0 Å². The van der Waals surface area contributed by atoms with E-state index >= 15 is 0 Å². The van der Waals surface area contributed by atoms with Crippen LogP contribution < -0.4 is 0 Å². The SMILES string of the molecule is CCCC(=C/C(=O)O)/C=C/[C@](C)(O)C1(C#N)CC1. The van der Waals surface area contributed by atoms with Crippen molar-refractivity contribution in [3.63, 3.8) is 0 Å². The maximum atomic E-state index is 10.6. The van der Waals surface area contributed by atoms with Crippen molar-refractivity contribution < 1.29 is 15.0 Å². The molecule has 0 unspecified atom stereocenters. The minimum atomic E-state index is -1.20. The molecule has 4 heteroatoms. The van der Waals surface area contributed by atoms with Gasteiger partial charge in [-0.15, -0.1) is 0 Å². The van der Waals surface area contributed by atoms with Crippen LogP contribution in [-0.4, -0.2) is 21.8 Å². The summed E-state index contributed by atoms with van der Waals surface area (Å²) in [5.41, 5.74) is -1.24. The maximum absolute atomic E-state index is 10.6. The number of hydrogen-bond donors (Lipinski definition) is 2. The van der Waals surface area contributed by atoms with E-state index in [1.165, 1.54) is 0 Å². The number of nitrogens with zero attached hydrogens (tertiary/aromatic N) is 1. The fraction of sp³-hybridized carbons (Fsp3) is 0.571. The molecule has 4 nitrogen and oxygen atoms in total. The third-order valence-electron chi connectivity index (χ3n) is 3.40. The number of aliphatic carboxylic acids is 1. The van der Waals surface area contributed by atoms with Gasteiger partial charge in [0.2, 0.25) is 0 Å². The summed E-state index contributed by atoms with van der Waals surface area (Å²) in [5.74, 6) is -0.996. The van der Waals surface area contributed by atoms with E-state index in [1.807, 2.05) is 6.92 Å². The number of nitriles is 1. The molecule has 1 fully saturated rings. The third kappa shape index (κ3) is 3.21. The average Bonchev–Trinajstić information content (AvgIpc) is 3.07. The summed E-state index contributed by atoms with van der Waals surface area (Å²) in [6, 6.07) is 2.15. The molecule has 18 heavy (non-hydrogen) atoms. The van der Waals surface area contributed by atoms with Gasteiger partial charge in [0.15, 0.2) is 0 Å². The number of carboxylic acids is 1. The van der Waals surface area contributed by atoms with Gasteiger partial charge in [-0.25, -0.2) is 4.79 Å². The first-order valence-corrected chi connectivity index (χ1v) is 6.13. The van der Waals surface area contributed by atoms with Crippen LogP contribution in [0.3, 0.4) is 0 Å². The lowest BCUT2D eigenvalue weighted by atomic mass is 9.86. The van der Waals surface area contributed by atoms with Crippen LogP contribution in [0.15, 0.2) is 23.8 Å². The molecule has 0 bridgehead atoms. The van der Waals surface area contributed by atoms with E-state index in [1.54, 1.807) is 19.1 Å². The largest absolute Gasteiger partial charge is 0.478 e. The molecule has 1 aliphatic carbocycles. The lowest BCUT2D eigenvalue weighted by molar-refractivity contribution is -0.131. The third-order valence-corrected chi connectivity index (χ3v) is 3.40. The van der Waals surface area contributed by atoms with E-state index in [-0.39, 0.29) is 0 Å². The number of hydrogen-bond acceptors (Lipinski definition) is 3. The molecular formula is C14H19NO3. The van der Waals surface area contributed by atoms with Crippen LogP contribution in [0.25, 0.3) is 0 Å². The van der Waals surface area contributed by atoms with Crippen LogP contribution in [-0.2, 0) is 4.79 Å². The molecule has 0 amide bonds. The highest BCUT2D eigenvalue weighted by atomic mass is 16.4. The summed E-state index contributed by atoms with van der Waals surface area (Å²) in [6.45, 7) is 3.56. The van der Waals surface area contributed by atoms with Crippen LogP contribution in [0.1, 0.15) is 39.5 Å². The molecule has 0 aromatic carbocycles. The van der Waals surface area contributed by atoms with Gasteiger partial charge in [0.1, 0.15) is 0 Å². The van der Waals surface area contributed by atoms with Gasteiger partial charge in [0.25, 0.3) is 0 Å². The molecule has 2 N–H and O–H groups in total. The van der Waals surface area contributed by atoms with E-state index in [9.17, 15) is 9.90 Å². The number of rotatable bonds is 6. The van der Waals surface area contributed by atoms with E-state index < -0.39 is 17.0 Å². The summed E-state index contributed by atoms with van der Waals surface area (Å²) in [5, 5.41) is 28.1. The first-order valence-electron chi connectivity index (χ1n) is 6.13. The number of allylic oxidation sites excluding steroid dienone is 2. The molecular weight excluding hydrogens is 230 g/mol. The van der Waals surface area contributed by atoms with E-state index in [0.717, 1.165) is 12.5 Å². The summed E-state index contributed by atoms with van der Waals surface area (Å²) in [6.07, 6.45) is 7.15. The van der Waals surface area contributed by atoms with Crippen LogP contribution in [0, 0.1) is 16.7 Å². The molecule has 0 heterocycles. The van der Waals surface area contributed by atoms with Gasteiger partial charge in [-0.3, -0.25) is 0 Å². The van der Waals surface area contributed by atoms with Crippen molar-refractivity contribution in [2.45, 2.75) is 45.1 Å². The molecule has 1 atom stereocenters. The topological polar surface area (TPSA) is 81.3 Å². The predicted octanol–water partition coefficient (Wildman–Crippen LogP) is 2.41. The van der Waals surface area contributed by atoms with Crippen molar-refractivity contribution in [2.24, 2.45) is 5.41 Å². The van der Waals surface area contributed by atoms with E-state index in [2.05, 4.69) is 6.07 Å². The summed E-state index contributed by atoms with van der Waals surface area (Å²) >= 11 is 0. The molecule has 0 aromatic heterocycles. The maximum Gasteiger partial charge on any atom is 0.328 e. The first-order chi connectivity index (χ1) is 8.37. The Kier molecular flexibility index (Phi) is 4.31. The van der Waals surface area contributed by atoms with Gasteiger partial charge < -0.3 is 10.2 Å². The Morgan fingerprint density at radius 1 is 1.56 bits per heavy atom. The zero-order valence-electron chi connectivity index (χ0n) is 10.8. The Morgan fingerprint density at radius 2 is 2.17 bits per heavy atom. The molecule has 1 rings (SSSR count). The highest BCUT2D eigenvalue weighted by Gasteiger charge is 2.55. The normalized spacial score (nSPS) is 21.3. The zero-order valence-corrected chi connectivity index (χ0v) is 10.8. The predicted molar refractivity (Wildman–Crippen MR) is 67.7 cm³/mol. The minimum Gasteiger partial charge on any atom is -0.478 e. The molecule has 0 aromatic rings. The van der Waals surface area contributed by atoms with Gasteiger partial charge >= 0.3 is 5.97 Å². The van der Waals surface area contributed by atoms with Gasteiger partial charge in [-0.1, -0.05) is 25.5 Å². The monoisotopic (exact) mass is 249 g/mol. The van der Waals surface area contributed by atoms with Crippen LogP contribution in [0.5, 0.6) is 0 Å². The Balaban J connectivity index is 2.84. The fourth-order valence-corrected chi connectivity index (χ4v) is 1.94. The lowest BCUT2D eigenvalue weighted by Crippen LogP contribution is -2.32. The number of carboxylic acid groups (broad SMARTS) is 1. The molecule has 1 saturated carbocycles. The summed E-state index contributed by atoms with van der Waals surface area (Å²) in [7, 11) is 0. The quantitative estimate of drug-likeness (QED) is 0.559. The van der Waals surface area contributed by atoms with Gasteiger partial charge in [0.05, 0.1) is 17.1 Å². The highest BCUT2D eigenvalue weighted by Crippen LogP contribution is 2.54. The Labute approximate surface area is 107 Å². The van der Waals surface area contributed by atoms with Crippen molar-refractivity contribution in [1.29, 1.82) is 5.26 Å². The second-order valence-corrected chi connectivity index (χ2v) is 4.98. The lowest BCUT2D eigenvalue weighted by Gasteiger charge is -2.24. The smallest absolute Gasteiger partial charge is 0.328 e. The van der Waals surface area contributed by atoms with Crippen LogP contribution in [0.4, 0.5) is 0 Å². The summed E-state index contributed by atoms with van der Waals surface area (Å²) < 4.78 is 0. The fourth-order valence-electron chi connectivity index (χ4n) is 1.94. The minimum absolute atomic E-state index is 0.637. The Hall–Kier alpha value is -1.60. The Bertz CT molecular complexity index is 423. The summed E-state index contributed by atoms with van der Waals surface area (Å²) in [4.78, 5) is 10.6. The molecule has 0 spiro atoms. The zero-order chi connectivity index (χ0) is 13.8. The standard InChI is InChI=1S/C14H19NO3/c1-3-4-11(9-12(16)17)5-6-13(2,18)14(10-15)7-8-14/h5-6,9,18H,3-4,7-8H2,1-2H3,(H,16,17)/b6-5+,11-9-/t13-/m0/s1. The van der Waals surface area contributed by atoms with E-state index in [0.29, 0.717) is 24.8 Å². The van der Waals surface area contributed by atoms with Crippen molar-refractivity contribution >= 4 is 5.97 Å². The first kappa shape index (κ1) is 14.5. The molecule has 0 saturated heterocycles. The highest BCUT2D eigenvalue weighted by molar-refractivity contribution is 5.81. The second kappa shape index (κ2) is 5.36. The van der Waals surface area contributed by atoms with E-state index in [4.69, 9.17) is 10.4 Å². The molecule has 98 valence electrons. The van der Waals surface area contributed by atoms with Gasteiger partial charge in [0, 0.05) is 6.08 Å². The molecule has 1 aliphatic rings.